The van der Waals surface area contributed by atoms with Gasteiger partial charge in [-0.25, -0.2) is 4.79 Å². The van der Waals surface area contributed by atoms with Crippen LogP contribution >= 0.6 is 0 Å². The smallest absolute Gasteiger partial charge is 0.329 e. The summed E-state index contributed by atoms with van der Waals surface area (Å²) in [6.07, 6.45) is 2.33. The first-order chi connectivity index (χ1) is 13.5. The second-order valence-electron chi connectivity index (χ2n) is 8.86. The molecular formula is C22H32N2O5. The van der Waals surface area contributed by atoms with Crippen LogP contribution in [0.15, 0.2) is 24.3 Å². The van der Waals surface area contributed by atoms with Gasteiger partial charge in [-0.05, 0) is 58.1 Å². The first-order valence-corrected chi connectivity index (χ1v) is 10.1. The Balaban J connectivity index is 1.89. The van der Waals surface area contributed by atoms with E-state index in [1.807, 2.05) is 13.8 Å². The fourth-order valence-electron chi connectivity index (χ4n) is 2.70. The molecule has 0 aromatic heterocycles. The maximum Gasteiger partial charge on any atom is 0.329 e. The maximum atomic E-state index is 12.4. The Morgan fingerprint density at radius 1 is 1.17 bits per heavy atom. The van der Waals surface area contributed by atoms with E-state index in [1.54, 1.807) is 45.0 Å². The van der Waals surface area contributed by atoms with Crippen LogP contribution in [-0.4, -0.2) is 36.0 Å². The van der Waals surface area contributed by atoms with Crippen LogP contribution in [0.3, 0.4) is 0 Å². The Labute approximate surface area is 172 Å². The number of esters is 1. The minimum absolute atomic E-state index is 0.00813. The number of ether oxygens (including phenoxy) is 2. The molecular weight excluding hydrogens is 372 g/mol. The molecule has 2 amide bonds. The molecule has 1 aliphatic rings. The van der Waals surface area contributed by atoms with E-state index in [1.165, 1.54) is 0 Å². The number of carbonyl (C=O) groups is 3. The van der Waals surface area contributed by atoms with Crippen LogP contribution in [0.5, 0.6) is 5.75 Å². The molecule has 0 aliphatic heterocycles. The Morgan fingerprint density at radius 2 is 1.86 bits per heavy atom. The molecule has 7 nitrogen and oxygen atoms in total. The lowest BCUT2D eigenvalue weighted by Crippen LogP contribution is -2.46. The molecule has 1 fully saturated rings. The number of rotatable bonds is 9. The van der Waals surface area contributed by atoms with Gasteiger partial charge in [-0.3, -0.25) is 9.59 Å². The van der Waals surface area contributed by atoms with Gasteiger partial charge in [-0.15, -0.1) is 0 Å². The van der Waals surface area contributed by atoms with Gasteiger partial charge in [0.2, 0.25) is 5.91 Å². The van der Waals surface area contributed by atoms with Crippen molar-refractivity contribution in [1.82, 2.24) is 5.32 Å². The van der Waals surface area contributed by atoms with Crippen LogP contribution in [-0.2, 0) is 19.1 Å². The van der Waals surface area contributed by atoms with Crippen LogP contribution in [0.4, 0.5) is 5.69 Å². The summed E-state index contributed by atoms with van der Waals surface area (Å²) in [6.45, 7) is 9.08. The molecule has 0 unspecified atom stereocenters. The summed E-state index contributed by atoms with van der Waals surface area (Å²) in [5.41, 5.74) is 0.00467. The monoisotopic (exact) mass is 404 g/mol. The molecule has 2 rings (SSSR count). The minimum atomic E-state index is -0.727. The lowest BCUT2D eigenvalue weighted by Gasteiger charge is -2.25. The number of amides is 2. The van der Waals surface area contributed by atoms with E-state index in [9.17, 15) is 14.4 Å². The van der Waals surface area contributed by atoms with Gasteiger partial charge >= 0.3 is 5.97 Å². The predicted molar refractivity (Wildman–Crippen MR) is 111 cm³/mol. The molecule has 0 radical (unpaired) electrons. The molecule has 1 aliphatic carbocycles. The van der Waals surface area contributed by atoms with Crippen molar-refractivity contribution in [2.45, 2.75) is 65.5 Å². The van der Waals surface area contributed by atoms with Gasteiger partial charge in [0.1, 0.15) is 17.4 Å². The summed E-state index contributed by atoms with van der Waals surface area (Å²) >= 11 is 0. The molecule has 0 heterocycles. The Bertz CT molecular complexity index is 735. The number of carbonyl (C=O) groups excluding carboxylic acids is 3. The van der Waals surface area contributed by atoms with Gasteiger partial charge < -0.3 is 20.1 Å². The molecule has 29 heavy (non-hydrogen) atoms. The highest BCUT2D eigenvalue weighted by molar-refractivity contribution is 5.94. The fourth-order valence-corrected chi connectivity index (χ4v) is 2.70. The van der Waals surface area contributed by atoms with Crippen molar-refractivity contribution >= 4 is 23.5 Å². The highest BCUT2D eigenvalue weighted by Crippen LogP contribution is 2.30. The van der Waals surface area contributed by atoms with Crippen LogP contribution in [0.25, 0.3) is 0 Å². The van der Waals surface area contributed by atoms with Gasteiger partial charge in [0, 0.05) is 17.7 Å². The molecule has 0 bridgehead atoms. The number of anilines is 1. The Kier molecular flexibility index (Phi) is 7.65. The van der Waals surface area contributed by atoms with E-state index in [-0.39, 0.29) is 24.3 Å². The van der Waals surface area contributed by atoms with Crippen LogP contribution < -0.4 is 15.4 Å². The standard InChI is InChI=1S/C22H32N2O5/c1-14(2)11-18(21(27)29-22(3,4)5)24-19(25)13-28-17-8-6-7-16(12-17)23-20(26)15-9-10-15/h6-8,12,14-15,18H,9-11,13H2,1-5H3,(H,23,26)(H,24,25)/t18-/m0/s1. The largest absolute Gasteiger partial charge is 0.484 e. The summed E-state index contributed by atoms with van der Waals surface area (Å²) in [7, 11) is 0. The van der Waals surface area contributed by atoms with Crippen molar-refractivity contribution < 1.29 is 23.9 Å². The SMILES string of the molecule is CC(C)C[C@H](NC(=O)COc1cccc(NC(=O)C2CC2)c1)C(=O)OC(C)(C)C. The summed E-state index contributed by atoms with van der Waals surface area (Å²) in [5.74, 6) is -0.0740. The molecule has 1 aromatic carbocycles. The third-order valence-electron chi connectivity index (χ3n) is 4.15. The van der Waals surface area contributed by atoms with Crippen molar-refractivity contribution in [1.29, 1.82) is 0 Å². The lowest BCUT2D eigenvalue weighted by molar-refractivity contribution is -0.159. The zero-order valence-electron chi connectivity index (χ0n) is 17.9. The third kappa shape index (κ3) is 8.54. The molecule has 2 N–H and O–H groups in total. The Hall–Kier alpha value is -2.57. The van der Waals surface area contributed by atoms with Crippen LogP contribution in [0.2, 0.25) is 0 Å². The Morgan fingerprint density at radius 3 is 2.45 bits per heavy atom. The van der Waals surface area contributed by atoms with Crippen LogP contribution in [0.1, 0.15) is 53.9 Å². The first-order valence-electron chi connectivity index (χ1n) is 10.1. The van der Waals surface area contributed by atoms with Crippen LogP contribution in [0, 0.1) is 11.8 Å². The van der Waals surface area contributed by atoms with Crippen molar-refractivity contribution in [2.75, 3.05) is 11.9 Å². The first kappa shape index (κ1) is 22.7. The third-order valence-corrected chi connectivity index (χ3v) is 4.15. The number of nitrogens with one attached hydrogen (secondary N) is 2. The molecule has 160 valence electrons. The molecule has 1 atom stereocenters. The minimum Gasteiger partial charge on any atom is -0.484 e. The van der Waals surface area contributed by atoms with Crippen molar-refractivity contribution in [3.8, 4) is 5.75 Å². The van der Waals surface area contributed by atoms with Gasteiger partial charge in [0.15, 0.2) is 6.61 Å². The van der Waals surface area contributed by atoms with E-state index >= 15 is 0 Å². The maximum absolute atomic E-state index is 12.4. The van der Waals surface area contributed by atoms with E-state index in [2.05, 4.69) is 10.6 Å². The summed E-state index contributed by atoms with van der Waals surface area (Å²) < 4.78 is 10.9. The second kappa shape index (κ2) is 9.76. The molecule has 7 heteroatoms. The van der Waals surface area contributed by atoms with Gasteiger partial charge in [0.05, 0.1) is 0 Å². The average Bonchev–Trinajstić information content (AvgIpc) is 3.43. The number of hydrogen-bond acceptors (Lipinski definition) is 5. The summed E-state index contributed by atoms with van der Waals surface area (Å²) in [4.78, 5) is 36.6. The second-order valence-corrected chi connectivity index (χ2v) is 8.86. The van der Waals surface area contributed by atoms with E-state index in [4.69, 9.17) is 9.47 Å². The van der Waals surface area contributed by atoms with Crippen molar-refractivity contribution in [3.63, 3.8) is 0 Å². The zero-order chi connectivity index (χ0) is 21.6. The van der Waals surface area contributed by atoms with Crippen molar-refractivity contribution in [2.24, 2.45) is 11.8 Å². The number of hydrogen-bond donors (Lipinski definition) is 2. The van der Waals surface area contributed by atoms with Crippen molar-refractivity contribution in [3.05, 3.63) is 24.3 Å². The van der Waals surface area contributed by atoms with E-state index in [0.717, 1.165) is 12.8 Å². The quantitative estimate of drug-likeness (QED) is 0.616. The topological polar surface area (TPSA) is 93.7 Å². The predicted octanol–water partition coefficient (Wildman–Crippen LogP) is 3.29. The summed E-state index contributed by atoms with van der Waals surface area (Å²) in [6, 6.07) is 6.17. The van der Waals surface area contributed by atoms with E-state index < -0.39 is 23.5 Å². The highest BCUT2D eigenvalue weighted by atomic mass is 16.6. The highest BCUT2D eigenvalue weighted by Gasteiger charge is 2.30. The molecule has 1 saturated carbocycles. The number of benzene rings is 1. The van der Waals surface area contributed by atoms with Gasteiger partial charge in [-0.1, -0.05) is 19.9 Å². The normalized spacial score (nSPS) is 14.8. The van der Waals surface area contributed by atoms with E-state index in [0.29, 0.717) is 17.9 Å². The molecule has 0 saturated heterocycles. The molecule has 0 spiro atoms. The summed E-state index contributed by atoms with van der Waals surface area (Å²) in [5, 5.41) is 5.54. The fraction of sp³-hybridized carbons (Fsp3) is 0.591. The van der Waals surface area contributed by atoms with Gasteiger partial charge in [-0.2, -0.15) is 0 Å². The van der Waals surface area contributed by atoms with Gasteiger partial charge in [0.25, 0.3) is 5.91 Å². The lowest BCUT2D eigenvalue weighted by atomic mass is 10.0. The average molecular weight is 405 g/mol. The molecule has 1 aromatic rings. The zero-order valence-corrected chi connectivity index (χ0v) is 17.9.